The Labute approximate surface area is 184 Å². The Morgan fingerprint density at radius 3 is 2.69 bits per heavy atom. The summed E-state index contributed by atoms with van der Waals surface area (Å²) < 4.78 is 5.73. The molecule has 0 radical (unpaired) electrons. The quantitative estimate of drug-likeness (QED) is 0.355. The van der Waals surface area contributed by atoms with Crippen molar-refractivity contribution in [3.63, 3.8) is 0 Å². The molecule has 0 saturated carbocycles. The predicted octanol–water partition coefficient (Wildman–Crippen LogP) is 6.34. The van der Waals surface area contributed by atoms with E-state index in [9.17, 15) is 4.79 Å². The molecule has 3 aromatic rings. The van der Waals surface area contributed by atoms with Crippen molar-refractivity contribution in [2.45, 2.75) is 13.3 Å². The fourth-order valence-corrected chi connectivity index (χ4v) is 3.40. The molecule has 0 aliphatic heterocycles. The number of halogens is 2. The van der Waals surface area contributed by atoms with E-state index in [0.29, 0.717) is 21.6 Å². The molecule has 2 aromatic carbocycles. The number of carbonyl (C=O) groups is 1. The van der Waals surface area contributed by atoms with Gasteiger partial charge in [0.1, 0.15) is 11.5 Å². The van der Waals surface area contributed by atoms with Gasteiger partial charge in [0.25, 0.3) is 0 Å². The van der Waals surface area contributed by atoms with E-state index in [2.05, 4.69) is 17.6 Å². The number of furan rings is 1. The van der Waals surface area contributed by atoms with E-state index >= 15 is 0 Å². The third-order valence-corrected chi connectivity index (χ3v) is 4.86. The average molecular weight is 445 g/mol. The third kappa shape index (κ3) is 5.70. The predicted molar refractivity (Wildman–Crippen MR) is 123 cm³/mol. The van der Waals surface area contributed by atoms with Crippen LogP contribution in [0.2, 0.25) is 10.0 Å². The first-order valence-corrected chi connectivity index (χ1v) is 10.1. The Hall–Kier alpha value is -2.60. The van der Waals surface area contributed by atoms with Gasteiger partial charge in [-0.3, -0.25) is 10.1 Å². The lowest BCUT2D eigenvalue weighted by Crippen LogP contribution is -2.33. The molecule has 0 fully saturated rings. The van der Waals surface area contributed by atoms with Gasteiger partial charge in [-0.2, -0.15) is 0 Å². The Morgan fingerprint density at radius 1 is 1.14 bits per heavy atom. The van der Waals surface area contributed by atoms with Crippen molar-refractivity contribution in [1.82, 2.24) is 5.32 Å². The molecule has 1 amide bonds. The van der Waals surface area contributed by atoms with Crippen LogP contribution in [0.5, 0.6) is 0 Å². The van der Waals surface area contributed by atoms with Gasteiger partial charge >= 0.3 is 0 Å². The van der Waals surface area contributed by atoms with Gasteiger partial charge in [-0.25, -0.2) is 0 Å². The Bertz CT molecular complexity index is 1080. The lowest BCUT2D eigenvalue weighted by molar-refractivity contribution is -0.115. The topological polar surface area (TPSA) is 54.3 Å². The van der Waals surface area contributed by atoms with Gasteiger partial charge in [0.15, 0.2) is 5.11 Å². The molecule has 7 heteroatoms. The molecule has 29 heavy (non-hydrogen) atoms. The fourth-order valence-electron chi connectivity index (χ4n) is 2.69. The van der Waals surface area contributed by atoms with Gasteiger partial charge in [-0.1, -0.05) is 48.3 Å². The van der Waals surface area contributed by atoms with E-state index in [-0.39, 0.29) is 11.0 Å². The molecule has 1 aromatic heterocycles. The zero-order chi connectivity index (χ0) is 20.8. The van der Waals surface area contributed by atoms with E-state index < -0.39 is 0 Å². The number of rotatable bonds is 5. The Morgan fingerprint density at radius 2 is 1.93 bits per heavy atom. The monoisotopic (exact) mass is 444 g/mol. The van der Waals surface area contributed by atoms with Gasteiger partial charge < -0.3 is 9.73 Å². The number of carbonyl (C=O) groups excluding carboxylic acids is 1. The minimum atomic E-state index is -0.362. The zero-order valence-corrected chi connectivity index (χ0v) is 17.9. The van der Waals surface area contributed by atoms with Crippen LogP contribution in [0.15, 0.2) is 65.1 Å². The maximum atomic E-state index is 12.1. The molecule has 1 heterocycles. The number of amides is 1. The van der Waals surface area contributed by atoms with Crippen LogP contribution >= 0.6 is 35.4 Å². The van der Waals surface area contributed by atoms with Crippen LogP contribution < -0.4 is 10.6 Å². The standard InChI is InChI=1S/C22H18Cl2N2O2S/c1-2-14-5-3-4-6-19(14)25-22(29)26-21(27)12-9-16-8-11-20(28-16)17-10-7-15(23)13-18(17)24/h3-13H,2H2,1H3,(H2,25,26,27,29)/b12-9+. The summed E-state index contributed by atoms with van der Waals surface area (Å²) in [4.78, 5) is 12.1. The molecule has 2 N–H and O–H groups in total. The van der Waals surface area contributed by atoms with Crippen LogP contribution in [0.4, 0.5) is 5.69 Å². The molecule has 148 valence electrons. The maximum absolute atomic E-state index is 12.1. The number of nitrogens with one attached hydrogen (secondary N) is 2. The number of aryl methyl sites for hydroxylation is 1. The Balaban J connectivity index is 1.61. The van der Waals surface area contributed by atoms with Crippen LogP contribution in [-0.2, 0) is 11.2 Å². The number of para-hydroxylation sites is 1. The second kappa shape index (κ2) is 9.74. The zero-order valence-electron chi connectivity index (χ0n) is 15.5. The van der Waals surface area contributed by atoms with Crippen molar-refractivity contribution in [3.8, 4) is 11.3 Å². The highest BCUT2D eigenvalue weighted by atomic mass is 35.5. The maximum Gasteiger partial charge on any atom is 0.250 e. The molecular weight excluding hydrogens is 427 g/mol. The van der Waals surface area contributed by atoms with E-state index in [4.69, 9.17) is 39.8 Å². The molecule has 4 nitrogen and oxygen atoms in total. The fraction of sp³-hybridized carbons (Fsp3) is 0.0909. The SMILES string of the molecule is CCc1ccccc1NC(=S)NC(=O)/C=C/c1ccc(-c2ccc(Cl)cc2Cl)o1. The largest absolute Gasteiger partial charge is 0.457 e. The van der Waals surface area contributed by atoms with E-state index in [1.54, 1.807) is 36.4 Å². The summed E-state index contributed by atoms with van der Waals surface area (Å²) in [6.07, 6.45) is 3.77. The van der Waals surface area contributed by atoms with E-state index in [0.717, 1.165) is 23.2 Å². The summed E-state index contributed by atoms with van der Waals surface area (Å²) in [5, 5.41) is 6.93. The summed E-state index contributed by atoms with van der Waals surface area (Å²) in [6.45, 7) is 2.06. The molecule has 3 rings (SSSR count). The van der Waals surface area contributed by atoms with Crippen LogP contribution in [0.1, 0.15) is 18.2 Å². The molecule has 0 aliphatic carbocycles. The highest BCUT2D eigenvalue weighted by molar-refractivity contribution is 7.80. The van der Waals surface area contributed by atoms with Gasteiger partial charge in [-0.05, 0) is 66.7 Å². The van der Waals surface area contributed by atoms with Crippen molar-refractivity contribution in [2.75, 3.05) is 5.32 Å². The summed E-state index contributed by atoms with van der Waals surface area (Å²) in [5.74, 6) is 0.732. The van der Waals surface area contributed by atoms with Crippen molar-refractivity contribution >= 4 is 58.2 Å². The first-order valence-electron chi connectivity index (χ1n) is 8.89. The number of anilines is 1. The van der Waals surface area contributed by atoms with Crippen LogP contribution in [-0.4, -0.2) is 11.0 Å². The van der Waals surface area contributed by atoms with Gasteiger partial charge in [-0.15, -0.1) is 0 Å². The van der Waals surface area contributed by atoms with E-state index in [1.807, 2.05) is 24.3 Å². The van der Waals surface area contributed by atoms with Crippen LogP contribution in [0, 0.1) is 0 Å². The van der Waals surface area contributed by atoms with Gasteiger partial charge in [0.2, 0.25) is 5.91 Å². The number of benzene rings is 2. The van der Waals surface area contributed by atoms with Crippen molar-refractivity contribution < 1.29 is 9.21 Å². The first kappa shape index (κ1) is 21.1. The first-order chi connectivity index (χ1) is 14.0. The average Bonchev–Trinajstić information content (AvgIpc) is 3.15. The van der Waals surface area contributed by atoms with Crippen molar-refractivity contribution in [3.05, 3.63) is 82.0 Å². The second-order valence-corrected chi connectivity index (χ2v) is 7.37. The molecule has 0 unspecified atom stereocenters. The van der Waals surface area contributed by atoms with E-state index in [1.165, 1.54) is 6.08 Å². The number of hydrogen-bond acceptors (Lipinski definition) is 3. The minimum absolute atomic E-state index is 0.230. The highest BCUT2D eigenvalue weighted by Crippen LogP contribution is 2.31. The normalized spacial score (nSPS) is 10.9. The van der Waals surface area contributed by atoms with Crippen molar-refractivity contribution in [2.24, 2.45) is 0 Å². The van der Waals surface area contributed by atoms with Gasteiger partial charge in [0.05, 0.1) is 5.02 Å². The molecule has 0 bridgehead atoms. The minimum Gasteiger partial charge on any atom is -0.457 e. The molecular formula is C22H18Cl2N2O2S. The lowest BCUT2D eigenvalue weighted by Gasteiger charge is -2.11. The molecule has 0 saturated heterocycles. The smallest absolute Gasteiger partial charge is 0.250 e. The summed E-state index contributed by atoms with van der Waals surface area (Å²) in [6, 6.07) is 16.5. The third-order valence-electron chi connectivity index (χ3n) is 4.11. The Kier molecular flexibility index (Phi) is 7.09. The second-order valence-electron chi connectivity index (χ2n) is 6.11. The summed E-state index contributed by atoms with van der Waals surface area (Å²) >= 11 is 17.3. The number of hydrogen-bond donors (Lipinski definition) is 2. The highest BCUT2D eigenvalue weighted by Gasteiger charge is 2.09. The molecule has 0 atom stereocenters. The molecule has 0 spiro atoms. The van der Waals surface area contributed by atoms with Crippen LogP contribution in [0.25, 0.3) is 17.4 Å². The van der Waals surface area contributed by atoms with Gasteiger partial charge in [0, 0.05) is 22.3 Å². The summed E-state index contributed by atoms with van der Waals surface area (Å²) in [7, 11) is 0. The van der Waals surface area contributed by atoms with Crippen LogP contribution in [0.3, 0.4) is 0 Å². The summed E-state index contributed by atoms with van der Waals surface area (Å²) in [5.41, 5.74) is 2.71. The van der Waals surface area contributed by atoms with Crippen molar-refractivity contribution in [1.29, 1.82) is 0 Å². The lowest BCUT2D eigenvalue weighted by atomic mass is 10.1. The number of thiocarbonyl (C=S) groups is 1. The molecule has 0 aliphatic rings.